The summed E-state index contributed by atoms with van der Waals surface area (Å²) < 4.78 is 6.34. The third-order valence-corrected chi connectivity index (χ3v) is 3.28. The molecule has 0 bridgehead atoms. The van der Waals surface area contributed by atoms with E-state index in [0.717, 1.165) is 29.0 Å². The van der Waals surface area contributed by atoms with Crippen LogP contribution in [0.25, 0.3) is 0 Å². The fourth-order valence-electron chi connectivity index (χ4n) is 1.30. The number of nitrogens with one attached hydrogen (secondary N) is 1. The minimum atomic E-state index is 0.163. The van der Waals surface area contributed by atoms with Gasteiger partial charge in [0, 0.05) is 13.2 Å². The zero-order chi connectivity index (χ0) is 12.1. The van der Waals surface area contributed by atoms with Crippen LogP contribution in [0.4, 0.5) is 11.5 Å². The maximum Gasteiger partial charge on any atom is 0.140 e. The molecule has 0 radical (unpaired) electrons. The summed E-state index contributed by atoms with van der Waals surface area (Å²) in [7, 11) is 0. The zero-order valence-electron chi connectivity index (χ0n) is 9.88. The van der Waals surface area contributed by atoms with E-state index in [9.17, 15) is 0 Å². The van der Waals surface area contributed by atoms with Gasteiger partial charge in [-0.3, -0.25) is 0 Å². The minimum Gasteiger partial charge on any atom is -0.397 e. The first-order chi connectivity index (χ1) is 7.56. The Balaban J connectivity index is 2.64. The highest BCUT2D eigenvalue weighted by Gasteiger charge is 2.08. The molecule has 0 aliphatic carbocycles. The van der Waals surface area contributed by atoms with Crippen LogP contribution in [0.1, 0.15) is 19.4 Å². The van der Waals surface area contributed by atoms with Gasteiger partial charge >= 0.3 is 0 Å². The van der Waals surface area contributed by atoms with Gasteiger partial charge in [-0.1, -0.05) is 0 Å². The Labute approximate surface area is 105 Å². The van der Waals surface area contributed by atoms with Crippen molar-refractivity contribution >= 4 is 27.4 Å². The smallest absolute Gasteiger partial charge is 0.140 e. The molecule has 4 nitrogen and oxygen atoms in total. The van der Waals surface area contributed by atoms with Crippen LogP contribution in [0, 0.1) is 6.92 Å². The highest BCUT2D eigenvalue weighted by molar-refractivity contribution is 9.10. The van der Waals surface area contributed by atoms with Crippen molar-refractivity contribution < 1.29 is 4.74 Å². The van der Waals surface area contributed by atoms with Crippen molar-refractivity contribution in [2.75, 3.05) is 24.2 Å². The lowest BCUT2D eigenvalue weighted by Crippen LogP contribution is -2.20. The van der Waals surface area contributed by atoms with Gasteiger partial charge in [-0.05, 0) is 42.3 Å². The number of pyridine rings is 1. The molecule has 0 amide bonds. The molecule has 16 heavy (non-hydrogen) atoms. The number of nitrogen functional groups attached to an aromatic ring is 1. The highest BCUT2D eigenvalue weighted by atomic mass is 79.9. The summed E-state index contributed by atoms with van der Waals surface area (Å²) in [6, 6.07) is 0. The van der Waals surface area contributed by atoms with E-state index in [0.29, 0.717) is 5.69 Å². The highest BCUT2D eigenvalue weighted by Crippen LogP contribution is 2.27. The average Bonchev–Trinajstić information content (AvgIpc) is 2.25. The maximum absolute atomic E-state index is 5.75. The lowest BCUT2D eigenvalue weighted by Gasteiger charge is -2.15. The molecule has 1 rings (SSSR count). The third kappa shape index (κ3) is 3.35. The third-order valence-electron chi connectivity index (χ3n) is 2.31. The molecule has 1 unspecified atom stereocenters. The molecular formula is C11H18BrN3O. The van der Waals surface area contributed by atoms with E-state index >= 15 is 0 Å². The molecule has 0 aliphatic heterocycles. The van der Waals surface area contributed by atoms with Gasteiger partial charge in [0.1, 0.15) is 5.82 Å². The molecule has 3 N–H and O–H groups in total. The number of halogens is 1. The van der Waals surface area contributed by atoms with Crippen molar-refractivity contribution in [2.45, 2.75) is 26.9 Å². The lowest BCUT2D eigenvalue weighted by molar-refractivity contribution is 0.0855. The Morgan fingerprint density at radius 1 is 1.62 bits per heavy atom. The number of hydrogen-bond acceptors (Lipinski definition) is 4. The van der Waals surface area contributed by atoms with E-state index in [4.69, 9.17) is 10.5 Å². The molecule has 90 valence electrons. The van der Waals surface area contributed by atoms with E-state index in [-0.39, 0.29) is 6.10 Å². The van der Waals surface area contributed by atoms with Crippen molar-refractivity contribution in [3.05, 3.63) is 16.2 Å². The van der Waals surface area contributed by atoms with E-state index < -0.39 is 0 Å². The number of nitrogens with zero attached hydrogens (tertiary/aromatic N) is 1. The minimum absolute atomic E-state index is 0.163. The summed E-state index contributed by atoms with van der Waals surface area (Å²) in [6.45, 7) is 7.41. The van der Waals surface area contributed by atoms with Crippen molar-refractivity contribution in [3.8, 4) is 0 Å². The summed E-state index contributed by atoms with van der Waals surface area (Å²) >= 11 is 3.47. The normalized spacial score (nSPS) is 12.5. The topological polar surface area (TPSA) is 60.2 Å². The summed E-state index contributed by atoms with van der Waals surface area (Å²) in [4.78, 5) is 4.23. The number of anilines is 2. The van der Waals surface area contributed by atoms with Crippen LogP contribution in [0.3, 0.4) is 0 Å². The van der Waals surface area contributed by atoms with Crippen LogP contribution in [-0.4, -0.2) is 24.2 Å². The Bertz CT molecular complexity index is 357. The molecule has 0 spiro atoms. The Kier molecular flexibility index (Phi) is 5.02. The number of hydrogen-bond donors (Lipinski definition) is 2. The van der Waals surface area contributed by atoms with Gasteiger partial charge in [0.15, 0.2) is 0 Å². The molecule has 1 aromatic rings. The van der Waals surface area contributed by atoms with Gasteiger partial charge in [-0.2, -0.15) is 0 Å². The van der Waals surface area contributed by atoms with Crippen LogP contribution in [0.15, 0.2) is 10.7 Å². The fourth-order valence-corrected chi connectivity index (χ4v) is 1.77. The summed E-state index contributed by atoms with van der Waals surface area (Å²) in [5, 5.41) is 3.23. The number of aromatic nitrogens is 1. The molecule has 0 saturated carbocycles. The average molecular weight is 288 g/mol. The van der Waals surface area contributed by atoms with Gasteiger partial charge in [0.25, 0.3) is 0 Å². The second kappa shape index (κ2) is 6.06. The lowest BCUT2D eigenvalue weighted by atomic mass is 10.2. The predicted octanol–water partition coefficient (Wildman–Crippen LogP) is 2.57. The van der Waals surface area contributed by atoms with E-state index in [1.165, 1.54) is 0 Å². The van der Waals surface area contributed by atoms with Gasteiger partial charge in [-0.15, -0.1) is 0 Å². The quantitative estimate of drug-likeness (QED) is 0.874. The van der Waals surface area contributed by atoms with Crippen molar-refractivity contribution in [3.63, 3.8) is 0 Å². The fraction of sp³-hybridized carbons (Fsp3) is 0.545. The molecule has 0 saturated heterocycles. The van der Waals surface area contributed by atoms with Crippen LogP contribution >= 0.6 is 15.9 Å². The van der Waals surface area contributed by atoms with E-state index in [2.05, 4.69) is 26.2 Å². The largest absolute Gasteiger partial charge is 0.397 e. The first-order valence-electron chi connectivity index (χ1n) is 5.32. The van der Waals surface area contributed by atoms with Gasteiger partial charge in [0.2, 0.25) is 0 Å². The number of nitrogens with two attached hydrogens (primary N) is 1. The molecule has 0 aliphatic rings. The first-order valence-corrected chi connectivity index (χ1v) is 6.11. The first kappa shape index (κ1) is 13.3. The Morgan fingerprint density at radius 3 is 2.94 bits per heavy atom. The Morgan fingerprint density at radius 2 is 2.31 bits per heavy atom. The van der Waals surface area contributed by atoms with E-state index in [1.807, 2.05) is 20.8 Å². The van der Waals surface area contributed by atoms with E-state index in [1.54, 1.807) is 6.20 Å². The zero-order valence-corrected chi connectivity index (χ0v) is 11.5. The molecule has 5 heteroatoms. The van der Waals surface area contributed by atoms with Crippen LogP contribution in [-0.2, 0) is 4.74 Å². The summed E-state index contributed by atoms with van der Waals surface area (Å²) in [5.74, 6) is 0.804. The number of rotatable bonds is 5. The van der Waals surface area contributed by atoms with Crippen LogP contribution in [0.5, 0.6) is 0 Å². The second-order valence-electron chi connectivity index (χ2n) is 3.65. The van der Waals surface area contributed by atoms with Crippen molar-refractivity contribution in [1.29, 1.82) is 0 Å². The monoisotopic (exact) mass is 287 g/mol. The van der Waals surface area contributed by atoms with Gasteiger partial charge in [-0.25, -0.2) is 4.98 Å². The Hall–Kier alpha value is -0.810. The van der Waals surface area contributed by atoms with Crippen LogP contribution in [0.2, 0.25) is 0 Å². The number of ether oxygens (including phenoxy) is 1. The summed E-state index contributed by atoms with van der Waals surface area (Å²) in [6.07, 6.45) is 1.82. The predicted molar refractivity (Wildman–Crippen MR) is 70.7 cm³/mol. The molecule has 1 atom stereocenters. The van der Waals surface area contributed by atoms with Gasteiger partial charge < -0.3 is 15.8 Å². The molecule has 1 heterocycles. The summed E-state index contributed by atoms with van der Waals surface area (Å²) in [5.41, 5.74) is 7.44. The van der Waals surface area contributed by atoms with Crippen molar-refractivity contribution in [1.82, 2.24) is 4.98 Å². The molecule has 1 aromatic heterocycles. The van der Waals surface area contributed by atoms with Crippen molar-refractivity contribution in [2.24, 2.45) is 0 Å². The van der Waals surface area contributed by atoms with Crippen LogP contribution < -0.4 is 11.1 Å². The maximum atomic E-state index is 5.75. The molecule has 0 fully saturated rings. The molecule has 0 aromatic carbocycles. The molecular weight excluding hydrogens is 270 g/mol. The second-order valence-corrected chi connectivity index (χ2v) is 4.44. The SMILES string of the molecule is CCOC(C)CNc1ncc(N)c(C)c1Br. The standard InChI is InChI=1S/C11H18BrN3O/c1-4-16-7(2)5-14-11-10(12)8(3)9(13)6-15-11/h6-7H,4-5,13H2,1-3H3,(H,14,15). The van der Waals surface area contributed by atoms with Gasteiger partial charge in [0.05, 0.1) is 22.5 Å².